The Morgan fingerprint density at radius 1 is 1.24 bits per heavy atom. The van der Waals surface area contributed by atoms with Crippen LogP contribution in [0.1, 0.15) is 16.8 Å². The van der Waals surface area contributed by atoms with Gasteiger partial charge < -0.3 is 5.11 Å². The van der Waals surface area contributed by atoms with Crippen molar-refractivity contribution >= 4 is 28.4 Å². The van der Waals surface area contributed by atoms with Gasteiger partial charge in [-0.3, -0.25) is 9.20 Å². The topological polar surface area (TPSA) is 103 Å². The average Bonchev–Trinajstić information content (AvgIpc) is 3.32. The molecule has 2 aromatic heterocycles. The number of nitrogens with zero attached hydrogens (tertiary/aromatic N) is 4. The fraction of sp³-hybridized carbons (Fsp3) is 0.0476. The molecule has 2 heterocycles. The molecule has 1 amide bonds. The number of nitriles is 1. The molecule has 142 valence electrons. The van der Waals surface area contributed by atoms with Gasteiger partial charge in [0, 0.05) is 22.8 Å². The van der Waals surface area contributed by atoms with E-state index >= 15 is 0 Å². The first-order chi connectivity index (χ1) is 14.1. The molecule has 0 aliphatic carbocycles. The van der Waals surface area contributed by atoms with Crippen LogP contribution < -0.4 is 5.43 Å². The van der Waals surface area contributed by atoms with Gasteiger partial charge in [-0.15, -0.1) is 11.3 Å². The van der Waals surface area contributed by atoms with Crippen molar-refractivity contribution in [1.82, 2.24) is 14.8 Å². The predicted molar refractivity (Wildman–Crippen MR) is 111 cm³/mol. The Kier molecular flexibility index (Phi) is 5.05. The molecule has 4 aromatic rings. The molecule has 0 bridgehead atoms. The highest BCUT2D eigenvalue weighted by atomic mass is 32.1. The number of hydrogen-bond acceptors (Lipinski definition) is 6. The maximum atomic E-state index is 12.2. The SMILES string of the molecule is N#Cc1ccc(-c2cn3c(CC(=O)N/N=C/c4ccc(O)cc4)csc3n2)cc1. The Morgan fingerprint density at radius 3 is 2.72 bits per heavy atom. The predicted octanol–water partition coefficient (Wildman–Crippen LogP) is 3.33. The maximum absolute atomic E-state index is 12.2. The van der Waals surface area contributed by atoms with Crippen molar-refractivity contribution < 1.29 is 9.90 Å². The molecule has 0 saturated heterocycles. The number of phenolic OH excluding ortho intramolecular Hbond substituents is 1. The number of hydrazone groups is 1. The highest BCUT2D eigenvalue weighted by Crippen LogP contribution is 2.24. The van der Waals surface area contributed by atoms with Crippen LogP contribution in [0.25, 0.3) is 16.2 Å². The van der Waals surface area contributed by atoms with Crippen molar-refractivity contribution in [3.63, 3.8) is 0 Å². The minimum Gasteiger partial charge on any atom is -0.508 e. The number of benzene rings is 2. The molecule has 0 aliphatic heterocycles. The van der Waals surface area contributed by atoms with Crippen molar-refractivity contribution in [3.8, 4) is 23.1 Å². The zero-order valence-corrected chi connectivity index (χ0v) is 15.9. The number of aromatic nitrogens is 2. The zero-order chi connectivity index (χ0) is 20.2. The summed E-state index contributed by atoms with van der Waals surface area (Å²) < 4.78 is 1.89. The number of imidazole rings is 1. The lowest BCUT2D eigenvalue weighted by Gasteiger charge is -2.00. The van der Waals surface area contributed by atoms with Crippen molar-refractivity contribution in [2.45, 2.75) is 6.42 Å². The first-order valence-corrected chi connectivity index (χ1v) is 9.57. The number of fused-ring (bicyclic) bond motifs is 1. The highest BCUT2D eigenvalue weighted by Gasteiger charge is 2.12. The number of phenols is 1. The van der Waals surface area contributed by atoms with Crippen molar-refractivity contribution in [2.75, 3.05) is 0 Å². The van der Waals surface area contributed by atoms with Gasteiger partial charge in [-0.05, 0) is 42.0 Å². The summed E-state index contributed by atoms with van der Waals surface area (Å²) in [5.41, 5.74) is 6.38. The number of amides is 1. The van der Waals surface area contributed by atoms with Crippen LogP contribution in [0.2, 0.25) is 0 Å². The second-order valence-electron chi connectivity index (χ2n) is 6.26. The summed E-state index contributed by atoms with van der Waals surface area (Å²) in [5, 5.41) is 24.0. The minimum atomic E-state index is -0.242. The van der Waals surface area contributed by atoms with Gasteiger partial charge >= 0.3 is 0 Å². The Balaban J connectivity index is 1.45. The van der Waals surface area contributed by atoms with E-state index in [9.17, 15) is 9.90 Å². The minimum absolute atomic E-state index is 0.163. The van der Waals surface area contributed by atoms with Gasteiger partial charge in [0.25, 0.3) is 0 Å². The molecule has 0 atom stereocenters. The molecular weight excluding hydrogens is 386 g/mol. The van der Waals surface area contributed by atoms with Crippen LogP contribution in [-0.4, -0.2) is 26.6 Å². The number of hydrogen-bond donors (Lipinski definition) is 2. The van der Waals surface area contributed by atoms with E-state index in [1.165, 1.54) is 17.6 Å². The summed E-state index contributed by atoms with van der Waals surface area (Å²) in [6, 6.07) is 15.8. The standard InChI is InChI=1S/C21H15N5O2S/c22-10-14-1-5-16(6-2-14)19-12-26-17(13-29-21(26)24-19)9-20(28)25-23-11-15-3-7-18(27)8-4-15/h1-8,11-13,27H,9H2,(H,25,28)/b23-11+. The van der Waals surface area contributed by atoms with Crippen molar-refractivity contribution in [3.05, 3.63) is 76.9 Å². The van der Waals surface area contributed by atoms with E-state index in [4.69, 9.17) is 5.26 Å². The third-order valence-corrected chi connectivity index (χ3v) is 5.12. The second-order valence-corrected chi connectivity index (χ2v) is 7.09. The molecule has 4 rings (SSSR count). The molecule has 7 nitrogen and oxygen atoms in total. The lowest BCUT2D eigenvalue weighted by Crippen LogP contribution is -2.20. The number of rotatable bonds is 5. The number of thiazole rings is 1. The van der Waals surface area contributed by atoms with Gasteiger partial charge in [0.1, 0.15) is 5.75 Å². The quantitative estimate of drug-likeness (QED) is 0.395. The summed E-state index contributed by atoms with van der Waals surface area (Å²) in [6.07, 6.45) is 3.56. The van der Waals surface area contributed by atoms with Crippen LogP contribution in [0, 0.1) is 11.3 Å². The molecule has 2 aromatic carbocycles. The van der Waals surface area contributed by atoms with Gasteiger partial charge in [-0.2, -0.15) is 10.4 Å². The molecule has 0 saturated carbocycles. The van der Waals surface area contributed by atoms with Crippen LogP contribution in [0.3, 0.4) is 0 Å². The Hall–Kier alpha value is -3.96. The number of carbonyl (C=O) groups is 1. The molecule has 29 heavy (non-hydrogen) atoms. The van der Waals surface area contributed by atoms with E-state index in [0.717, 1.165) is 27.5 Å². The second kappa shape index (κ2) is 7.96. The molecular formula is C21H15N5O2S. The maximum Gasteiger partial charge on any atom is 0.246 e. The van der Waals surface area contributed by atoms with Crippen LogP contribution in [0.5, 0.6) is 5.75 Å². The van der Waals surface area contributed by atoms with E-state index in [2.05, 4.69) is 21.6 Å². The summed E-state index contributed by atoms with van der Waals surface area (Å²) >= 11 is 1.46. The first kappa shape index (κ1) is 18.4. The smallest absolute Gasteiger partial charge is 0.246 e. The van der Waals surface area contributed by atoms with Crippen LogP contribution in [-0.2, 0) is 11.2 Å². The molecule has 0 radical (unpaired) electrons. The third kappa shape index (κ3) is 4.15. The number of aromatic hydroxyl groups is 1. The molecule has 8 heteroatoms. The Morgan fingerprint density at radius 2 is 2.00 bits per heavy atom. The third-order valence-electron chi connectivity index (χ3n) is 4.23. The van der Waals surface area contributed by atoms with E-state index in [1.807, 2.05) is 28.1 Å². The van der Waals surface area contributed by atoms with E-state index in [-0.39, 0.29) is 18.1 Å². The highest BCUT2D eigenvalue weighted by molar-refractivity contribution is 7.15. The fourth-order valence-electron chi connectivity index (χ4n) is 2.75. The van der Waals surface area contributed by atoms with Crippen molar-refractivity contribution in [2.24, 2.45) is 5.10 Å². The Labute approximate surface area is 170 Å². The van der Waals surface area contributed by atoms with Gasteiger partial charge in [-0.25, -0.2) is 10.4 Å². The van der Waals surface area contributed by atoms with Gasteiger partial charge in [0.2, 0.25) is 5.91 Å². The molecule has 2 N–H and O–H groups in total. The molecule has 0 aliphatic rings. The molecule has 0 spiro atoms. The molecule has 0 unspecified atom stereocenters. The number of carbonyl (C=O) groups excluding carboxylic acids is 1. The average molecular weight is 401 g/mol. The Bertz CT molecular complexity index is 1230. The van der Waals surface area contributed by atoms with Crippen LogP contribution in [0.4, 0.5) is 0 Å². The van der Waals surface area contributed by atoms with Crippen molar-refractivity contribution in [1.29, 1.82) is 5.26 Å². The monoisotopic (exact) mass is 401 g/mol. The van der Waals surface area contributed by atoms with E-state index in [1.54, 1.807) is 36.4 Å². The first-order valence-electron chi connectivity index (χ1n) is 8.69. The normalized spacial score (nSPS) is 11.0. The molecule has 0 fully saturated rings. The largest absolute Gasteiger partial charge is 0.508 e. The van der Waals surface area contributed by atoms with Gasteiger partial charge in [-0.1, -0.05) is 12.1 Å². The summed E-state index contributed by atoms with van der Waals surface area (Å²) in [4.78, 5) is 17.6. The van der Waals surface area contributed by atoms with Gasteiger partial charge in [0.15, 0.2) is 4.96 Å². The summed E-state index contributed by atoms with van der Waals surface area (Å²) in [6.45, 7) is 0. The summed E-state index contributed by atoms with van der Waals surface area (Å²) in [5.74, 6) is -0.0679. The fourth-order valence-corrected chi connectivity index (χ4v) is 3.63. The van der Waals surface area contributed by atoms with E-state index in [0.29, 0.717) is 5.56 Å². The van der Waals surface area contributed by atoms with Gasteiger partial charge in [0.05, 0.1) is 30.0 Å². The summed E-state index contributed by atoms with van der Waals surface area (Å²) in [7, 11) is 0. The lowest BCUT2D eigenvalue weighted by atomic mass is 10.1. The number of nitrogens with one attached hydrogen (secondary N) is 1. The lowest BCUT2D eigenvalue weighted by molar-refractivity contribution is -0.120. The van der Waals surface area contributed by atoms with Crippen LogP contribution >= 0.6 is 11.3 Å². The van der Waals surface area contributed by atoms with Crippen LogP contribution in [0.15, 0.2) is 65.2 Å². The zero-order valence-electron chi connectivity index (χ0n) is 15.1. The van der Waals surface area contributed by atoms with E-state index < -0.39 is 0 Å².